The summed E-state index contributed by atoms with van der Waals surface area (Å²) in [7, 11) is 0. The topological polar surface area (TPSA) is 144 Å². The molecule has 1 heterocycles. The molecule has 5 N–H and O–H groups in total. The summed E-state index contributed by atoms with van der Waals surface area (Å²) in [5, 5.41) is 34.6. The number of aliphatic carboxylic acids is 3. The molecule has 1 aliphatic heterocycles. The summed E-state index contributed by atoms with van der Waals surface area (Å²) < 4.78 is 0. The van der Waals surface area contributed by atoms with Gasteiger partial charge in [0.05, 0.1) is 12.8 Å². The molecule has 0 radical (unpaired) electrons. The Morgan fingerprint density at radius 1 is 1.11 bits per heavy atom. The Morgan fingerprint density at radius 2 is 1.53 bits per heavy atom. The average Bonchev–Trinajstić information content (AvgIpc) is 2.82. The molecule has 1 saturated heterocycles. The largest absolute Gasteiger partial charge is 0.481 e. The first-order valence-electron chi connectivity index (χ1n) is 5.85. The smallest absolute Gasteiger partial charge is 0.320 e. The van der Waals surface area contributed by atoms with Crippen molar-refractivity contribution >= 4 is 17.9 Å². The van der Waals surface area contributed by atoms with Gasteiger partial charge in [0.2, 0.25) is 0 Å². The van der Waals surface area contributed by atoms with Gasteiger partial charge in [-0.25, -0.2) is 0 Å². The summed E-state index contributed by atoms with van der Waals surface area (Å²) in [5.74, 6) is -2.87. The number of carboxylic acid groups (broad SMARTS) is 3. The lowest BCUT2D eigenvalue weighted by atomic mass is 10.2. The van der Waals surface area contributed by atoms with Crippen molar-refractivity contribution in [3.05, 3.63) is 0 Å². The van der Waals surface area contributed by atoms with Crippen molar-refractivity contribution in [1.29, 1.82) is 0 Å². The SMILES string of the molecule is CCO.O=C(O)CCC(=O)O.O=C(O)[C@@H]1CCCN1. The number of carbonyl (C=O) groups is 3. The molecule has 112 valence electrons. The number of aliphatic hydroxyl groups excluding tert-OH is 1. The zero-order valence-corrected chi connectivity index (χ0v) is 10.8. The van der Waals surface area contributed by atoms with Crippen LogP contribution in [0.3, 0.4) is 0 Å². The summed E-state index contributed by atoms with van der Waals surface area (Å²) >= 11 is 0. The van der Waals surface area contributed by atoms with E-state index in [1.165, 1.54) is 0 Å². The molecule has 0 aromatic rings. The first-order valence-corrected chi connectivity index (χ1v) is 5.85. The highest BCUT2D eigenvalue weighted by atomic mass is 16.4. The Hall–Kier alpha value is -1.67. The van der Waals surface area contributed by atoms with Crippen LogP contribution in [0.5, 0.6) is 0 Å². The Kier molecular flexibility index (Phi) is 13.2. The van der Waals surface area contributed by atoms with Crippen LogP contribution >= 0.6 is 0 Å². The summed E-state index contributed by atoms with van der Waals surface area (Å²) in [6.07, 6.45) is 1.19. The van der Waals surface area contributed by atoms with E-state index in [1.54, 1.807) is 6.92 Å². The fraction of sp³-hybridized carbons (Fsp3) is 0.727. The molecule has 0 spiro atoms. The van der Waals surface area contributed by atoms with E-state index < -0.39 is 17.9 Å². The minimum Gasteiger partial charge on any atom is -0.481 e. The van der Waals surface area contributed by atoms with Crippen molar-refractivity contribution in [2.45, 2.75) is 38.6 Å². The highest BCUT2D eigenvalue weighted by Gasteiger charge is 2.20. The van der Waals surface area contributed by atoms with Crippen LogP contribution in [0.2, 0.25) is 0 Å². The van der Waals surface area contributed by atoms with Crippen LogP contribution in [0.25, 0.3) is 0 Å². The predicted octanol–water partition coefficient (Wildman–Crippen LogP) is -0.243. The van der Waals surface area contributed by atoms with Gasteiger partial charge >= 0.3 is 17.9 Å². The van der Waals surface area contributed by atoms with Gasteiger partial charge in [0.25, 0.3) is 0 Å². The normalized spacial score (nSPS) is 16.4. The molecule has 0 amide bonds. The fourth-order valence-electron chi connectivity index (χ4n) is 1.11. The molecule has 1 fully saturated rings. The maximum Gasteiger partial charge on any atom is 0.320 e. The van der Waals surface area contributed by atoms with Crippen LogP contribution in [0.1, 0.15) is 32.6 Å². The lowest BCUT2D eigenvalue weighted by Gasteiger charge is -1.99. The molecule has 0 aliphatic carbocycles. The third kappa shape index (κ3) is 16.3. The monoisotopic (exact) mass is 279 g/mol. The quantitative estimate of drug-likeness (QED) is 0.474. The average molecular weight is 279 g/mol. The van der Waals surface area contributed by atoms with Crippen molar-refractivity contribution in [1.82, 2.24) is 5.32 Å². The number of hydrogen-bond donors (Lipinski definition) is 5. The van der Waals surface area contributed by atoms with Crippen LogP contribution in [-0.4, -0.2) is 57.5 Å². The molecular formula is C11H21NO7. The lowest BCUT2D eigenvalue weighted by molar-refractivity contribution is -0.143. The van der Waals surface area contributed by atoms with Crippen molar-refractivity contribution in [2.24, 2.45) is 0 Å². The van der Waals surface area contributed by atoms with Crippen molar-refractivity contribution in [2.75, 3.05) is 13.2 Å². The van der Waals surface area contributed by atoms with Gasteiger partial charge in [0.1, 0.15) is 6.04 Å². The Morgan fingerprint density at radius 3 is 1.68 bits per heavy atom. The van der Waals surface area contributed by atoms with Gasteiger partial charge in [-0.05, 0) is 26.3 Å². The Balaban J connectivity index is 0. The summed E-state index contributed by atoms with van der Waals surface area (Å²) in [4.78, 5) is 29.4. The molecule has 1 aliphatic rings. The van der Waals surface area contributed by atoms with Gasteiger partial charge in [-0.2, -0.15) is 0 Å². The Labute approximate surface area is 111 Å². The molecule has 0 aromatic heterocycles. The van der Waals surface area contributed by atoms with Crippen molar-refractivity contribution < 1.29 is 34.8 Å². The maximum absolute atomic E-state index is 10.1. The van der Waals surface area contributed by atoms with Crippen LogP contribution < -0.4 is 5.32 Å². The molecule has 8 heteroatoms. The summed E-state index contributed by atoms with van der Waals surface area (Å²) in [6.45, 7) is 2.79. The van der Waals surface area contributed by atoms with Gasteiger partial charge in [-0.1, -0.05) is 0 Å². The van der Waals surface area contributed by atoms with E-state index in [4.69, 9.17) is 20.4 Å². The third-order valence-electron chi connectivity index (χ3n) is 1.91. The molecule has 8 nitrogen and oxygen atoms in total. The molecule has 19 heavy (non-hydrogen) atoms. The van der Waals surface area contributed by atoms with E-state index in [0.29, 0.717) is 0 Å². The minimum absolute atomic E-state index is 0.250. The number of carboxylic acids is 3. The highest BCUT2D eigenvalue weighted by Crippen LogP contribution is 2.03. The summed E-state index contributed by atoms with van der Waals surface area (Å²) in [5.41, 5.74) is 0. The van der Waals surface area contributed by atoms with Gasteiger partial charge < -0.3 is 25.7 Å². The first kappa shape index (κ1) is 19.7. The van der Waals surface area contributed by atoms with Gasteiger partial charge in [-0.15, -0.1) is 0 Å². The van der Waals surface area contributed by atoms with E-state index >= 15 is 0 Å². The lowest BCUT2D eigenvalue weighted by Crippen LogP contribution is -2.29. The second-order valence-electron chi connectivity index (χ2n) is 3.59. The second kappa shape index (κ2) is 12.8. The van der Waals surface area contributed by atoms with E-state index in [1.807, 2.05) is 0 Å². The van der Waals surface area contributed by atoms with Crippen LogP contribution in [0, 0.1) is 0 Å². The van der Waals surface area contributed by atoms with Crippen molar-refractivity contribution in [3.8, 4) is 0 Å². The zero-order valence-electron chi connectivity index (χ0n) is 10.8. The van der Waals surface area contributed by atoms with E-state index in [9.17, 15) is 14.4 Å². The molecule has 0 unspecified atom stereocenters. The molecule has 1 rings (SSSR count). The number of rotatable bonds is 4. The van der Waals surface area contributed by atoms with Crippen LogP contribution in [-0.2, 0) is 14.4 Å². The van der Waals surface area contributed by atoms with E-state index in [0.717, 1.165) is 19.4 Å². The second-order valence-corrected chi connectivity index (χ2v) is 3.59. The number of aliphatic hydroxyl groups is 1. The predicted molar refractivity (Wildman–Crippen MR) is 65.9 cm³/mol. The molecule has 0 aromatic carbocycles. The first-order chi connectivity index (χ1) is 8.84. The fourth-order valence-corrected chi connectivity index (χ4v) is 1.11. The van der Waals surface area contributed by atoms with Crippen LogP contribution in [0.4, 0.5) is 0 Å². The maximum atomic E-state index is 10.1. The summed E-state index contributed by atoms with van der Waals surface area (Å²) in [6, 6.07) is -0.269. The Bertz CT molecular complexity index is 260. The van der Waals surface area contributed by atoms with E-state index in [-0.39, 0.29) is 25.5 Å². The highest BCUT2D eigenvalue weighted by molar-refractivity contribution is 5.75. The molecule has 1 atom stereocenters. The van der Waals surface area contributed by atoms with Crippen molar-refractivity contribution in [3.63, 3.8) is 0 Å². The molecule has 0 saturated carbocycles. The minimum atomic E-state index is -1.08. The molecular weight excluding hydrogens is 258 g/mol. The van der Waals surface area contributed by atoms with Gasteiger partial charge in [0.15, 0.2) is 0 Å². The van der Waals surface area contributed by atoms with Gasteiger partial charge in [0, 0.05) is 6.61 Å². The number of hydrogen-bond acceptors (Lipinski definition) is 5. The standard InChI is InChI=1S/C5H9NO2.C4H6O4.C2H6O/c7-5(8)4-2-1-3-6-4;5-3(6)1-2-4(7)8;1-2-3/h4,6H,1-3H2,(H,7,8);1-2H2,(H,5,6)(H,7,8);3H,2H2,1H3/t4-;;/m0../s1. The van der Waals surface area contributed by atoms with Gasteiger partial charge in [-0.3, -0.25) is 14.4 Å². The zero-order chi connectivity index (χ0) is 15.3. The number of nitrogens with one attached hydrogen (secondary N) is 1. The van der Waals surface area contributed by atoms with E-state index in [2.05, 4.69) is 5.32 Å². The third-order valence-corrected chi connectivity index (χ3v) is 1.91. The van der Waals surface area contributed by atoms with Crippen LogP contribution in [0.15, 0.2) is 0 Å². The molecule has 0 bridgehead atoms.